The molecule has 0 saturated carbocycles. The number of halogens is 9. The molecule has 0 radical (unpaired) electrons. The van der Waals surface area contributed by atoms with Crippen molar-refractivity contribution in [1.82, 2.24) is 0 Å². The van der Waals surface area contributed by atoms with Crippen LogP contribution in [0.4, 0.5) is 34.0 Å². The van der Waals surface area contributed by atoms with Gasteiger partial charge in [0, 0.05) is 0 Å². The Labute approximate surface area is 130 Å². The molecule has 2 aromatic rings. The molecule has 2 aromatic carbocycles. The maximum Gasteiger partial charge on any atom is 0.357 e. The van der Waals surface area contributed by atoms with Crippen LogP contribution in [0.2, 0.25) is 0 Å². The molecule has 0 aliphatic carbocycles. The van der Waals surface area contributed by atoms with Crippen molar-refractivity contribution >= 4 is 7.81 Å². The summed E-state index contributed by atoms with van der Waals surface area (Å²) in [7, 11) is -10.7. The zero-order valence-corrected chi connectivity index (χ0v) is 13.5. The second-order valence-corrected chi connectivity index (χ2v) is 8.87. The van der Waals surface area contributed by atoms with Crippen LogP contribution in [0.5, 0.6) is 0 Å². The van der Waals surface area contributed by atoms with Crippen molar-refractivity contribution in [2.24, 2.45) is 0 Å². The molecule has 0 N–H and O–H groups in total. The van der Waals surface area contributed by atoms with Crippen LogP contribution in [-0.4, -0.2) is 0 Å². The number of hydrogen-bond acceptors (Lipinski definition) is 0. The van der Waals surface area contributed by atoms with Gasteiger partial charge in [-0.3, -0.25) is 0 Å². The van der Waals surface area contributed by atoms with Gasteiger partial charge in [-0.25, -0.2) is 8.78 Å². The fourth-order valence-electron chi connectivity index (χ4n) is 1.11. The average molecular weight is 462 g/mol. The Kier molecular flexibility index (Phi) is 5.13. The molecule has 10 heteroatoms. The van der Waals surface area contributed by atoms with Crippen LogP contribution in [0.3, 0.4) is 0 Å². The van der Waals surface area contributed by atoms with Gasteiger partial charge in [-0.15, -0.1) is 0 Å². The van der Waals surface area contributed by atoms with Crippen molar-refractivity contribution in [3.05, 3.63) is 67.3 Å². The summed E-state index contributed by atoms with van der Waals surface area (Å²) in [5.41, 5.74) is 0. The minimum Gasteiger partial charge on any atom is -0.207 e. The van der Waals surface area contributed by atoms with Gasteiger partial charge in [-0.05, 0) is 48.5 Å². The van der Waals surface area contributed by atoms with Crippen LogP contribution in [0.1, 0.15) is 0 Å². The molecule has 22 heavy (non-hydrogen) atoms. The maximum absolute atomic E-state index is 12.6. The molecule has 0 spiro atoms. The fourth-order valence-corrected chi connectivity index (χ4v) is 3.27. The molecule has 0 aliphatic heterocycles. The van der Waals surface area contributed by atoms with Crippen molar-refractivity contribution in [3.63, 3.8) is 0 Å². The Bertz CT molecular complexity index is 564. The molecule has 0 nitrogen and oxygen atoms in total. The predicted molar refractivity (Wildman–Crippen MR) is 63.8 cm³/mol. The SMILES string of the molecule is F[P-](F)(F)(F)(F)F.Fc1ccc([I+]c2ccc(F)cc2)cc1. The zero-order valence-electron chi connectivity index (χ0n) is 10.5. The molecule has 0 atom stereocenters. The summed E-state index contributed by atoms with van der Waals surface area (Å²) in [6.45, 7) is 0. The third-order valence-electron chi connectivity index (χ3n) is 1.83. The third-order valence-corrected chi connectivity index (χ3v) is 4.51. The van der Waals surface area contributed by atoms with E-state index < -0.39 is 7.81 Å². The second kappa shape index (κ2) is 5.92. The summed E-state index contributed by atoms with van der Waals surface area (Å²) < 4.78 is 86.7. The van der Waals surface area contributed by atoms with E-state index in [1.54, 1.807) is 24.3 Å². The summed E-state index contributed by atoms with van der Waals surface area (Å²) in [6, 6.07) is 13.0. The van der Waals surface area contributed by atoms with Crippen LogP contribution in [0.15, 0.2) is 48.5 Å². The van der Waals surface area contributed by atoms with Gasteiger partial charge in [0.15, 0.2) is 7.14 Å². The summed E-state index contributed by atoms with van der Waals surface area (Å²) >= 11 is -0.330. The maximum atomic E-state index is 12.6. The Balaban J connectivity index is 0.000000295. The van der Waals surface area contributed by atoms with Crippen molar-refractivity contribution in [2.75, 3.05) is 0 Å². The van der Waals surface area contributed by atoms with E-state index in [0.29, 0.717) is 0 Å². The molecule has 0 heterocycles. The molecule has 0 aromatic heterocycles. The number of hydrogen-bond donors (Lipinski definition) is 0. The fraction of sp³-hybridized carbons (Fsp3) is 0. The standard InChI is InChI=1S/C12H8F2I.F6P/c13-9-1-5-11(6-2-9)15-12-7-3-10(14)4-8-12;1-7(2,3,4,5)6/h1-8H;/q+1;-1. The van der Waals surface area contributed by atoms with Gasteiger partial charge in [-0.1, -0.05) is 0 Å². The van der Waals surface area contributed by atoms with Crippen LogP contribution in [0, 0.1) is 18.8 Å². The summed E-state index contributed by atoms with van der Waals surface area (Å²) in [4.78, 5) is 0. The topological polar surface area (TPSA) is 0 Å². The van der Waals surface area contributed by atoms with E-state index in [4.69, 9.17) is 0 Å². The van der Waals surface area contributed by atoms with Crippen LogP contribution in [0.25, 0.3) is 0 Å². The average Bonchev–Trinajstić information content (AvgIpc) is 2.31. The van der Waals surface area contributed by atoms with E-state index in [9.17, 15) is 34.0 Å². The minimum absolute atomic E-state index is 0.220. The van der Waals surface area contributed by atoms with Crippen molar-refractivity contribution < 1.29 is 55.2 Å². The summed E-state index contributed by atoms with van der Waals surface area (Å²) in [6.07, 6.45) is 0. The van der Waals surface area contributed by atoms with Gasteiger partial charge in [0.1, 0.15) is 11.6 Å². The first-order chi connectivity index (χ1) is 9.69. The number of benzene rings is 2. The van der Waals surface area contributed by atoms with E-state index in [-0.39, 0.29) is 32.8 Å². The zero-order chi connectivity index (χ0) is 17.1. The van der Waals surface area contributed by atoms with Gasteiger partial charge in [-0.2, -0.15) is 0 Å². The van der Waals surface area contributed by atoms with Gasteiger partial charge in [0.2, 0.25) is 0 Å². The minimum atomic E-state index is -10.7. The van der Waals surface area contributed by atoms with Gasteiger partial charge in [0.05, 0.1) is 0 Å². The smallest absolute Gasteiger partial charge is 0.207 e. The quantitative estimate of drug-likeness (QED) is 0.365. The molecule has 2 rings (SSSR count). The normalized spacial score (nSPS) is 14.4. The Morgan fingerprint density at radius 1 is 0.545 bits per heavy atom. The van der Waals surface area contributed by atoms with E-state index >= 15 is 0 Å². The van der Waals surface area contributed by atoms with Gasteiger partial charge < -0.3 is 0 Å². The molecular formula is C12H8F8IP. The molecule has 0 unspecified atom stereocenters. The van der Waals surface area contributed by atoms with E-state index in [1.807, 2.05) is 0 Å². The molecular weight excluding hydrogens is 454 g/mol. The second-order valence-electron chi connectivity index (χ2n) is 3.93. The molecule has 0 aliphatic rings. The van der Waals surface area contributed by atoms with E-state index in [0.717, 1.165) is 7.14 Å². The first-order valence-corrected chi connectivity index (χ1v) is 9.60. The monoisotopic (exact) mass is 462 g/mol. The first-order valence-electron chi connectivity index (χ1n) is 5.41. The van der Waals surface area contributed by atoms with Crippen LogP contribution in [-0.2, 0) is 0 Å². The van der Waals surface area contributed by atoms with Crippen molar-refractivity contribution in [2.45, 2.75) is 0 Å². The van der Waals surface area contributed by atoms with Gasteiger partial charge >= 0.3 is 54.2 Å². The molecule has 0 saturated heterocycles. The van der Waals surface area contributed by atoms with E-state index in [1.165, 1.54) is 24.3 Å². The molecule has 0 fully saturated rings. The van der Waals surface area contributed by atoms with Crippen LogP contribution < -0.4 is 21.2 Å². The molecule has 124 valence electrons. The largest absolute Gasteiger partial charge is 0.357 e. The van der Waals surface area contributed by atoms with Gasteiger partial charge in [0.25, 0.3) is 0 Å². The third kappa shape index (κ3) is 11.7. The Morgan fingerprint density at radius 2 is 0.773 bits per heavy atom. The molecule has 0 bridgehead atoms. The molecule has 0 amide bonds. The van der Waals surface area contributed by atoms with Crippen molar-refractivity contribution in [3.8, 4) is 0 Å². The predicted octanol–water partition coefficient (Wildman–Crippen LogP) is 3.48. The van der Waals surface area contributed by atoms with Crippen molar-refractivity contribution in [1.29, 1.82) is 0 Å². The Morgan fingerprint density at radius 3 is 1.00 bits per heavy atom. The summed E-state index contributed by atoms with van der Waals surface area (Å²) in [5.74, 6) is -0.441. The summed E-state index contributed by atoms with van der Waals surface area (Å²) in [5, 5.41) is 0. The van der Waals surface area contributed by atoms with E-state index in [2.05, 4.69) is 0 Å². The first kappa shape index (κ1) is 19.1. The Hall–Kier alpha value is -0.960. The van der Waals surface area contributed by atoms with Crippen LogP contribution >= 0.6 is 7.81 Å². The number of rotatable bonds is 2.